The lowest BCUT2D eigenvalue weighted by atomic mass is 10.1. The monoisotopic (exact) mass is 1620 g/mol. The van der Waals surface area contributed by atoms with Crippen LogP contribution in [-0.2, 0) is 94.5 Å². The Morgan fingerprint density at radius 2 is 1.05 bits per heavy atom. The maximum Gasteiger partial charge on any atom is 0.472 e. The number of hydrogen-bond acceptors (Lipinski definition) is 32. The molecule has 0 aliphatic carbocycles. The van der Waals surface area contributed by atoms with Crippen LogP contribution in [0.3, 0.4) is 0 Å². The maximum absolute atomic E-state index is 13.9. The van der Waals surface area contributed by atoms with E-state index in [-0.39, 0.29) is 105 Å². The number of aliphatic carboxylic acids is 1. The predicted octanol–water partition coefficient (Wildman–Crippen LogP) is -1.52. The van der Waals surface area contributed by atoms with E-state index < -0.39 is 195 Å². The van der Waals surface area contributed by atoms with Gasteiger partial charge in [0.15, 0.2) is 11.2 Å². The number of aryl methyl sites for hydroxylation is 3. The second-order valence-electron chi connectivity index (χ2n) is 24.4. The van der Waals surface area contributed by atoms with E-state index in [4.69, 9.17) is 65.8 Å². The quantitative estimate of drug-likeness (QED) is 0.0153. The molecule has 598 valence electrons. The lowest BCUT2D eigenvalue weighted by Crippen LogP contribution is -2.41. The molecule has 13 unspecified atom stereocenters. The van der Waals surface area contributed by atoms with E-state index in [0.29, 0.717) is 17.8 Å². The fourth-order valence-corrected chi connectivity index (χ4v) is 14.1. The Labute approximate surface area is 612 Å². The van der Waals surface area contributed by atoms with Crippen LogP contribution in [0, 0.1) is 20.8 Å². The summed E-state index contributed by atoms with van der Waals surface area (Å²) >= 11 is 0. The van der Waals surface area contributed by atoms with Crippen LogP contribution in [-0.4, -0.2) is 211 Å². The Hall–Kier alpha value is -8.31. The van der Waals surface area contributed by atoms with Gasteiger partial charge < -0.3 is 79.7 Å². The molecule has 3 fully saturated rings. The molecule has 5 aromatic heterocycles. The topological polar surface area (TPSA) is 659 Å². The van der Waals surface area contributed by atoms with Crippen molar-refractivity contribution in [2.75, 3.05) is 83.7 Å². The molecule has 6 aromatic rings. The number of aromatic nitrogens is 10. The van der Waals surface area contributed by atoms with Crippen molar-refractivity contribution < 1.29 is 122 Å². The van der Waals surface area contributed by atoms with Crippen molar-refractivity contribution in [1.29, 1.82) is 0 Å². The molecule has 1 aromatic carbocycles. The first kappa shape index (κ1) is 84.7. The SMILES string of the molecule is Cc1cn(C2CC(OP(=O)(O)O)C(COP(=O)(O)OC3CC(n4cc(C)c(=O)[nH]c4=O)OC3COP(=O)(O)OC3CC(n4cc(C)c(=O)[nH]c4=O)OC3COP(=O)(O)OCCOCCOCCOCCCNC(=O)CCC(NC(=O)c3ccc(NCc4cnc5nc(N)[nH]c(=O)c5n4)cc3)C(=O)O)O2)c(=O)[nH]c1=O. The van der Waals surface area contributed by atoms with Gasteiger partial charge in [-0.1, -0.05) is 0 Å². The summed E-state index contributed by atoms with van der Waals surface area (Å²) in [4.78, 5) is 198. The zero-order chi connectivity index (χ0) is 79.1. The van der Waals surface area contributed by atoms with Gasteiger partial charge in [-0.25, -0.2) is 47.4 Å². The number of ether oxygens (including phenoxy) is 6. The number of phosphoric ester groups is 4. The zero-order valence-electron chi connectivity index (χ0n) is 57.9. The maximum atomic E-state index is 13.9. The molecule has 2 amide bonds. The Kier molecular flexibility index (Phi) is 29.2. The molecule has 51 heteroatoms. The molecular weight excluding hydrogens is 1540 g/mol. The highest BCUT2D eigenvalue weighted by molar-refractivity contribution is 7.48. The number of carbonyl (C=O) groups is 3. The van der Waals surface area contributed by atoms with Crippen molar-refractivity contribution >= 4 is 71.9 Å². The minimum Gasteiger partial charge on any atom is -0.480 e. The lowest BCUT2D eigenvalue weighted by molar-refractivity contribution is -0.139. The molecule has 47 nitrogen and oxygen atoms in total. The first-order valence-electron chi connectivity index (χ1n) is 33.0. The van der Waals surface area contributed by atoms with Crippen molar-refractivity contribution in [1.82, 2.24) is 59.2 Å². The smallest absolute Gasteiger partial charge is 0.472 e. The molecule has 109 heavy (non-hydrogen) atoms. The van der Waals surface area contributed by atoms with Gasteiger partial charge in [-0.05, 0) is 57.9 Å². The second-order valence-corrected chi connectivity index (χ2v) is 29.9. The number of amides is 2. The number of rotatable bonds is 41. The molecule has 3 aliphatic rings. The van der Waals surface area contributed by atoms with Gasteiger partial charge in [0.05, 0.1) is 77.9 Å². The molecule has 9 rings (SSSR count). The van der Waals surface area contributed by atoms with Gasteiger partial charge in [0.1, 0.15) is 61.3 Å². The third kappa shape index (κ3) is 24.8. The van der Waals surface area contributed by atoms with Crippen LogP contribution in [0.25, 0.3) is 11.2 Å². The number of anilines is 2. The minimum absolute atomic E-state index is 0.00678. The molecular formula is C58H78N14O33P4. The summed E-state index contributed by atoms with van der Waals surface area (Å²) in [7, 11) is -21.2. The number of nitrogens with one attached hydrogen (secondary N) is 7. The summed E-state index contributed by atoms with van der Waals surface area (Å²) in [5, 5.41) is 17.9. The Morgan fingerprint density at radius 1 is 0.596 bits per heavy atom. The standard InChI is InChI=1S/C58H78N14O33P4/c1-30-24-70(56(81)67-49(30)74)44-19-37(103-106(84,85)86)40(100-44)28-98-108(89,90)105-39-21-46(72-26-32(3)51(76)69-58(72)83)102-42(39)29-99-109(91,92)104-38-20-45(71-25-31(2)50(75)68-57(71)82)101-41(38)27-97-107(87,88)96-18-17-95-16-15-94-14-13-93-12-4-11-60-43(73)10-9-36(54(79)80)64-52(77)33-5-7-34(8-6-33)61-22-35-23-62-48-47(63-35)53(78)66-55(59)65-48/h5-8,23-26,36-42,44-46,61H,4,9-22,27-29H2,1-3H3,(H,60,73)(H,64,77)(H,79,80)(H,87,88)(H,89,90)(H,91,92)(H,67,74,81)(H,68,75,82)(H,69,76,83)(H2,84,85,86)(H3,59,62,65,66,78). The molecule has 0 bridgehead atoms. The molecule has 0 saturated carbocycles. The highest BCUT2D eigenvalue weighted by atomic mass is 31.2. The number of carboxylic acids is 1. The summed E-state index contributed by atoms with van der Waals surface area (Å²) in [5.74, 6) is -2.58. The van der Waals surface area contributed by atoms with Gasteiger partial charge in [0, 0.05) is 85.4 Å². The van der Waals surface area contributed by atoms with Gasteiger partial charge >= 0.3 is 54.3 Å². The van der Waals surface area contributed by atoms with E-state index in [9.17, 15) is 95.8 Å². The van der Waals surface area contributed by atoms with Crippen LogP contribution < -0.4 is 61.0 Å². The third-order valence-electron chi connectivity index (χ3n) is 16.3. The minimum atomic E-state index is -5.47. The normalized spacial score (nSPS) is 22.0. The predicted molar refractivity (Wildman–Crippen MR) is 368 cm³/mol. The number of nitrogen functional groups attached to an aromatic ring is 1. The number of nitrogens with zero attached hydrogens (tertiary/aromatic N) is 6. The van der Waals surface area contributed by atoms with E-state index in [1.54, 1.807) is 12.1 Å². The molecule has 13 atom stereocenters. The summed E-state index contributed by atoms with van der Waals surface area (Å²) in [6.45, 7) is 1.08. The molecule has 3 aliphatic heterocycles. The van der Waals surface area contributed by atoms with Crippen LogP contribution in [0.2, 0.25) is 0 Å². The van der Waals surface area contributed by atoms with Crippen LogP contribution in [0.4, 0.5) is 11.6 Å². The van der Waals surface area contributed by atoms with E-state index in [1.165, 1.54) is 39.1 Å². The number of carbonyl (C=O) groups excluding carboxylic acids is 2. The van der Waals surface area contributed by atoms with Crippen molar-refractivity contribution in [3.05, 3.63) is 150 Å². The molecule has 0 spiro atoms. The Morgan fingerprint density at radius 3 is 1.51 bits per heavy atom. The van der Waals surface area contributed by atoms with Crippen molar-refractivity contribution in [2.45, 2.75) is 127 Å². The van der Waals surface area contributed by atoms with Crippen LogP contribution in [0.15, 0.2) is 82.6 Å². The first-order chi connectivity index (χ1) is 51.5. The summed E-state index contributed by atoms with van der Waals surface area (Å²) in [6, 6.07) is 4.72. The van der Waals surface area contributed by atoms with Crippen molar-refractivity contribution in [3.8, 4) is 0 Å². The fraction of sp³-hybridized carbons (Fsp3) is 0.534. The number of nitrogens with two attached hydrogens (primary N) is 1. The number of hydrogen-bond donors (Lipinski definition) is 14. The van der Waals surface area contributed by atoms with E-state index in [0.717, 1.165) is 32.3 Å². The van der Waals surface area contributed by atoms with Gasteiger partial charge in [0.2, 0.25) is 11.9 Å². The highest BCUT2D eigenvalue weighted by Crippen LogP contribution is 2.53. The number of carboxylic acid groups (broad SMARTS) is 1. The Bertz CT molecular complexity index is 4880. The van der Waals surface area contributed by atoms with Crippen molar-refractivity contribution in [3.63, 3.8) is 0 Å². The van der Waals surface area contributed by atoms with Gasteiger partial charge in [-0.3, -0.25) is 94.1 Å². The molecule has 15 N–H and O–H groups in total. The Balaban J connectivity index is 0.682. The van der Waals surface area contributed by atoms with Gasteiger partial charge in [-0.15, -0.1) is 0 Å². The van der Waals surface area contributed by atoms with Gasteiger partial charge in [-0.2, -0.15) is 4.98 Å². The van der Waals surface area contributed by atoms with E-state index in [2.05, 4.69) is 45.9 Å². The summed E-state index contributed by atoms with van der Waals surface area (Å²) < 4.78 is 126. The molecule has 8 heterocycles. The molecule has 0 radical (unpaired) electrons. The number of benzene rings is 1. The van der Waals surface area contributed by atoms with Crippen LogP contribution >= 0.6 is 31.3 Å². The highest BCUT2D eigenvalue weighted by Gasteiger charge is 2.48. The third-order valence-corrected chi connectivity index (χ3v) is 19.9. The number of H-pyrrole nitrogens is 4. The van der Waals surface area contributed by atoms with Crippen LogP contribution in [0.1, 0.15) is 90.0 Å². The molecule has 3 saturated heterocycles. The van der Waals surface area contributed by atoms with E-state index in [1.807, 2.05) is 4.98 Å². The number of aromatic amines is 4. The summed E-state index contributed by atoms with van der Waals surface area (Å²) in [5.41, 5.74) is 0.976. The van der Waals surface area contributed by atoms with Gasteiger partial charge in [0.25, 0.3) is 28.1 Å². The average molecular weight is 1620 g/mol. The second kappa shape index (κ2) is 37.6. The van der Waals surface area contributed by atoms with Crippen molar-refractivity contribution in [2.24, 2.45) is 0 Å². The zero-order valence-corrected chi connectivity index (χ0v) is 61.5. The number of phosphoric acid groups is 4. The first-order valence-corrected chi connectivity index (χ1v) is 39.0. The van der Waals surface area contributed by atoms with Crippen LogP contribution in [0.5, 0.6) is 0 Å². The average Bonchev–Trinajstić information content (AvgIpc) is 1.72. The lowest BCUT2D eigenvalue weighted by Gasteiger charge is -2.25. The largest absolute Gasteiger partial charge is 0.480 e. The number of fused-ring (bicyclic) bond motifs is 1. The fourth-order valence-electron chi connectivity index (χ4n) is 10.9. The van der Waals surface area contributed by atoms with E-state index >= 15 is 0 Å². The summed E-state index contributed by atoms with van der Waals surface area (Å²) in [6.07, 6.45) is -11.1.